The number of nitrogens with one attached hydrogen (secondary N) is 1. The molecule has 1 N–H and O–H groups in total. The third-order valence-corrected chi connectivity index (χ3v) is 2.71. The standard InChI is InChI=1S/C14H21N3O2/c1-16(2)10-9-15-13(18)11-14(19)17(3)12-7-5-4-6-8-12/h4-8H,9-11H2,1-3H3,(H,15,18). The van der Waals surface area contributed by atoms with E-state index >= 15 is 0 Å². The molecule has 0 aliphatic carbocycles. The Morgan fingerprint density at radius 2 is 1.74 bits per heavy atom. The lowest BCUT2D eigenvalue weighted by Gasteiger charge is -2.17. The molecule has 2 amide bonds. The Labute approximate surface area is 114 Å². The maximum Gasteiger partial charge on any atom is 0.236 e. The molecule has 0 bridgehead atoms. The minimum absolute atomic E-state index is 0.126. The molecule has 1 aromatic carbocycles. The van der Waals surface area contributed by atoms with Gasteiger partial charge in [0.05, 0.1) is 0 Å². The largest absolute Gasteiger partial charge is 0.354 e. The zero-order valence-corrected chi connectivity index (χ0v) is 11.7. The summed E-state index contributed by atoms with van der Waals surface area (Å²) in [5.74, 6) is -0.455. The molecule has 5 heteroatoms. The van der Waals surface area contributed by atoms with Crippen LogP contribution in [-0.4, -0.2) is 50.9 Å². The fourth-order valence-electron chi connectivity index (χ4n) is 1.53. The fraction of sp³-hybridized carbons (Fsp3) is 0.429. The second-order valence-corrected chi connectivity index (χ2v) is 4.62. The first-order chi connectivity index (χ1) is 9.00. The molecular weight excluding hydrogens is 242 g/mol. The Morgan fingerprint density at radius 1 is 1.11 bits per heavy atom. The van der Waals surface area contributed by atoms with Crippen LogP contribution in [0.4, 0.5) is 5.69 Å². The van der Waals surface area contributed by atoms with Gasteiger partial charge in [0, 0.05) is 25.8 Å². The van der Waals surface area contributed by atoms with E-state index in [4.69, 9.17) is 0 Å². The molecule has 1 rings (SSSR count). The van der Waals surface area contributed by atoms with E-state index in [-0.39, 0.29) is 18.2 Å². The minimum atomic E-state index is -0.241. The van der Waals surface area contributed by atoms with Crippen molar-refractivity contribution in [2.75, 3.05) is 39.1 Å². The SMILES string of the molecule is CN(C)CCNC(=O)CC(=O)N(C)c1ccccc1. The van der Waals surface area contributed by atoms with Crippen LogP contribution in [0.25, 0.3) is 0 Å². The van der Waals surface area contributed by atoms with E-state index < -0.39 is 0 Å². The van der Waals surface area contributed by atoms with Crippen LogP contribution in [-0.2, 0) is 9.59 Å². The van der Waals surface area contributed by atoms with Crippen LogP contribution in [0.5, 0.6) is 0 Å². The van der Waals surface area contributed by atoms with E-state index in [2.05, 4.69) is 5.32 Å². The minimum Gasteiger partial charge on any atom is -0.354 e. The number of amides is 2. The monoisotopic (exact) mass is 263 g/mol. The van der Waals surface area contributed by atoms with E-state index in [1.807, 2.05) is 49.3 Å². The summed E-state index contributed by atoms with van der Waals surface area (Å²) in [7, 11) is 5.53. The number of carbonyl (C=O) groups excluding carboxylic acids is 2. The summed E-state index contributed by atoms with van der Waals surface area (Å²) in [5.41, 5.74) is 0.786. The Hall–Kier alpha value is -1.88. The highest BCUT2D eigenvalue weighted by atomic mass is 16.2. The number of benzene rings is 1. The smallest absolute Gasteiger partial charge is 0.236 e. The summed E-state index contributed by atoms with van der Waals surface area (Å²) in [6.45, 7) is 1.31. The first-order valence-corrected chi connectivity index (χ1v) is 6.23. The number of likely N-dealkylation sites (N-methyl/N-ethyl adjacent to an activating group) is 1. The second-order valence-electron chi connectivity index (χ2n) is 4.62. The fourth-order valence-corrected chi connectivity index (χ4v) is 1.53. The van der Waals surface area contributed by atoms with Gasteiger partial charge in [-0.1, -0.05) is 18.2 Å². The molecule has 0 aromatic heterocycles. The molecule has 0 saturated heterocycles. The highest BCUT2D eigenvalue weighted by molar-refractivity contribution is 6.04. The van der Waals surface area contributed by atoms with Crippen molar-refractivity contribution in [3.63, 3.8) is 0 Å². The number of hydrogen-bond donors (Lipinski definition) is 1. The lowest BCUT2D eigenvalue weighted by Crippen LogP contribution is -2.36. The maximum absolute atomic E-state index is 11.9. The number of rotatable bonds is 6. The van der Waals surface area contributed by atoms with Crippen molar-refractivity contribution < 1.29 is 9.59 Å². The third kappa shape index (κ3) is 5.52. The summed E-state index contributed by atoms with van der Waals surface area (Å²) < 4.78 is 0. The van der Waals surface area contributed by atoms with Crippen molar-refractivity contribution in [1.29, 1.82) is 0 Å². The van der Waals surface area contributed by atoms with Gasteiger partial charge in [0.15, 0.2) is 0 Å². The lowest BCUT2D eigenvalue weighted by molar-refractivity contribution is -0.127. The predicted octanol–water partition coefficient (Wildman–Crippen LogP) is 0.717. The van der Waals surface area contributed by atoms with Crippen molar-refractivity contribution in [1.82, 2.24) is 10.2 Å². The zero-order chi connectivity index (χ0) is 14.3. The summed E-state index contributed by atoms with van der Waals surface area (Å²) >= 11 is 0. The Balaban J connectivity index is 2.40. The van der Waals surface area contributed by atoms with Crippen molar-refractivity contribution in [2.24, 2.45) is 0 Å². The van der Waals surface area contributed by atoms with E-state index in [1.54, 1.807) is 7.05 Å². The molecule has 5 nitrogen and oxygen atoms in total. The van der Waals surface area contributed by atoms with Crippen molar-refractivity contribution in [2.45, 2.75) is 6.42 Å². The highest BCUT2D eigenvalue weighted by Crippen LogP contribution is 2.11. The lowest BCUT2D eigenvalue weighted by atomic mass is 10.2. The maximum atomic E-state index is 11.9. The average molecular weight is 263 g/mol. The van der Waals surface area contributed by atoms with Gasteiger partial charge in [0.2, 0.25) is 11.8 Å². The molecule has 0 heterocycles. The first-order valence-electron chi connectivity index (χ1n) is 6.23. The van der Waals surface area contributed by atoms with E-state index in [1.165, 1.54) is 4.90 Å². The van der Waals surface area contributed by atoms with Gasteiger partial charge >= 0.3 is 0 Å². The molecule has 104 valence electrons. The normalized spacial score (nSPS) is 10.3. The van der Waals surface area contributed by atoms with Crippen LogP contribution in [0, 0.1) is 0 Å². The second kappa shape index (κ2) is 7.53. The summed E-state index contributed by atoms with van der Waals surface area (Å²) in [6, 6.07) is 9.27. The molecule has 0 atom stereocenters. The van der Waals surface area contributed by atoms with E-state index in [9.17, 15) is 9.59 Å². The van der Waals surface area contributed by atoms with Crippen LogP contribution in [0.1, 0.15) is 6.42 Å². The van der Waals surface area contributed by atoms with Crippen LogP contribution < -0.4 is 10.2 Å². The molecule has 0 saturated carbocycles. The van der Waals surface area contributed by atoms with Gasteiger partial charge in [-0.25, -0.2) is 0 Å². The number of nitrogens with zero attached hydrogens (tertiary/aromatic N) is 2. The number of carbonyl (C=O) groups is 2. The Morgan fingerprint density at radius 3 is 2.32 bits per heavy atom. The van der Waals surface area contributed by atoms with Gasteiger partial charge in [-0.15, -0.1) is 0 Å². The molecule has 0 spiro atoms. The molecule has 0 fully saturated rings. The summed E-state index contributed by atoms with van der Waals surface area (Å²) in [4.78, 5) is 27.0. The molecule has 0 unspecified atom stereocenters. The molecule has 1 aromatic rings. The quantitative estimate of drug-likeness (QED) is 0.769. The van der Waals surface area contributed by atoms with Gasteiger partial charge in [-0.05, 0) is 26.2 Å². The van der Waals surface area contributed by atoms with Gasteiger partial charge in [0.25, 0.3) is 0 Å². The summed E-state index contributed by atoms with van der Waals surface area (Å²) in [5, 5.41) is 2.72. The number of para-hydroxylation sites is 1. The van der Waals surface area contributed by atoms with Gasteiger partial charge in [-0.2, -0.15) is 0 Å². The predicted molar refractivity (Wildman–Crippen MR) is 76.0 cm³/mol. The van der Waals surface area contributed by atoms with Gasteiger partial charge < -0.3 is 15.1 Å². The summed E-state index contributed by atoms with van der Waals surface area (Å²) in [6.07, 6.45) is -0.126. The molecule has 0 aliphatic heterocycles. The van der Waals surface area contributed by atoms with Gasteiger partial charge in [0.1, 0.15) is 6.42 Å². The number of anilines is 1. The average Bonchev–Trinajstić information content (AvgIpc) is 2.38. The van der Waals surface area contributed by atoms with Crippen LogP contribution in [0.2, 0.25) is 0 Å². The van der Waals surface area contributed by atoms with Crippen LogP contribution >= 0.6 is 0 Å². The van der Waals surface area contributed by atoms with Crippen molar-refractivity contribution in [3.8, 4) is 0 Å². The topological polar surface area (TPSA) is 52.7 Å². The molecule has 0 radical (unpaired) electrons. The zero-order valence-electron chi connectivity index (χ0n) is 11.7. The third-order valence-electron chi connectivity index (χ3n) is 2.71. The van der Waals surface area contributed by atoms with Crippen LogP contribution in [0.15, 0.2) is 30.3 Å². The molecular formula is C14H21N3O2. The van der Waals surface area contributed by atoms with E-state index in [0.29, 0.717) is 6.54 Å². The number of hydrogen-bond acceptors (Lipinski definition) is 3. The van der Waals surface area contributed by atoms with E-state index in [0.717, 1.165) is 12.2 Å². The molecule has 0 aliphatic rings. The van der Waals surface area contributed by atoms with Crippen molar-refractivity contribution in [3.05, 3.63) is 30.3 Å². The first kappa shape index (κ1) is 15.2. The highest BCUT2D eigenvalue weighted by Gasteiger charge is 2.14. The molecule has 19 heavy (non-hydrogen) atoms. The van der Waals surface area contributed by atoms with Gasteiger partial charge in [-0.3, -0.25) is 9.59 Å². The van der Waals surface area contributed by atoms with Crippen molar-refractivity contribution >= 4 is 17.5 Å². The van der Waals surface area contributed by atoms with Crippen LogP contribution in [0.3, 0.4) is 0 Å². The Kier molecular flexibility index (Phi) is 6.02. The Bertz CT molecular complexity index is 418.